The van der Waals surface area contributed by atoms with Crippen molar-refractivity contribution in [2.75, 3.05) is 25.5 Å². The summed E-state index contributed by atoms with van der Waals surface area (Å²) in [6.45, 7) is 0.980. The Morgan fingerprint density at radius 2 is 1.85 bits per heavy atom. The molecule has 1 saturated heterocycles. The molecule has 0 unspecified atom stereocenters. The average molecular weight is 369 g/mol. The maximum atomic E-state index is 13.2. The van der Waals surface area contributed by atoms with Gasteiger partial charge in [0.1, 0.15) is 0 Å². The van der Waals surface area contributed by atoms with Gasteiger partial charge in [-0.3, -0.25) is 4.79 Å². The number of benzene rings is 1. The van der Waals surface area contributed by atoms with Gasteiger partial charge in [-0.05, 0) is 12.8 Å². The fraction of sp³-hybridized carbons (Fsp3) is 0.556. The zero-order chi connectivity index (χ0) is 18.8. The molecule has 0 spiro atoms. The second-order valence-corrected chi connectivity index (χ2v) is 7.12. The number of amides is 3. The number of nitrogens with one attached hydrogen (secondary N) is 1. The zero-order valence-electron chi connectivity index (χ0n) is 14.6. The van der Waals surface area contributed by atoms with Crippen molar-refractivity contribution < 1.29 is 22.8 Å². The van der Waals surface area contributed by atoms with Crippen LogP contribution >= 0.6 is 0 Å². The first-order valence-corrected chi connectivity index (χ1v) is 8.81. The van der Waals surface area contributed by atoms with E-state index in [2.05, 4.69) is 5.32 Å². The topological polar surface area (TPSA) is 52.7 Å². The molecule has 1 aromatic carbocycles. The smallest absolute Gasteiger partial charge is 0.321 e. The molecule has 1 atom stereocenters. The minimum absolute atomic E-state index is 0.0283. The van der Waals surface area contributed by atoms with Crippen molar-refractivity contribution >= 4 is 17.6 Å². The van der Waals surface area contributed by atoms with Crippen molar-refractivity contribution in [3.63, 3.8) is 0 Å². The molecule has 1 aliphatic heterocycles. The van der Waals surface area contributed by atoms with Crippen molar-refractivity contribution in [2.24, 2.45) is 5.92 Å². The van der Waals surface area contributed by atoms with E-state index in [1.165, 1.54) is 4.90 Å². The molecule has 1 N–H and O–H groups in total. The van der Waals surface area contributed by atoms with Gasteiger partial charge in [0, 0.05) is 56.3 Å². The van der Waals surface area contributed by atoms with Crippen LogP contribution in [0.15, 0.2) is 12.1 Å². The lowest BCUT2D eigenvalue weighted by atomic mass is 10.1. The van der Waals surface area contributed by atoms with Crippen LogP contribution in [-0.4, -0.2) is 47.9 Å². The first kappa shape index (κ1) is 18.5. The summed E-state index contributed by atoms with van der Waals surface area (Å²) >= 11 is 0. The standard InChI is InChI=1S/C18H22F3N3O2/c1-23(18(26)22-12-7-14(19)17(21)15(20)8-12)9-11-6-16(25)24(10-11)13-4-2-3-5-13/h7-8,11,13H,2-6,9-10H2,1H3,(H,22,26)/t11-/m0/s1. The Morgan fingerprint density at radius 3 is 2.46 bits per heavy atom. The van der Waals surface area contributed by atoms with Crippen LogP contribution < -0.4 is 5.32 Å². The summed E-state index contributed by atoms with van der Waals surface area (Å²) in [5.74, 6) is -4.15. The molecule has 0 bridgehead atoms. The van der Waals surface area contributed by atoms with Gasteiger partial charge >= 0.3 is 6.03 Å². The third-order valence-electron chi connectivity index (χ3n) is 5.12. The number of anilines is 1. The van der Waals surface area contributed by atoms with E-state index < -0.39 is 23.5 Å². The first-order valence-electron chi connectivity index (χ1n) is 8.81. The van der Waals surface area contributed by atoms with E-state index in [-0.39, 0.29) is 17.5 Å². The number of likely N-dealkylation sites (tertiary alicyclic amines) is 1. The molecular formula is C18H22F3N3O2. The van der Waals surface area contributed by atoms with E-state index >= 15 is 0 Å². The van der Waals surface area contributed by atoms with Gasteiger partial charge in [0.2, 0.25) is 5.91 Å². The van der Waals surface area contributed by atoms with E-state index in [0.717, 1.165) is 37.8 Å². The van der Waals surface area contributed by atoms with Gasteiger partial charge in [0.15, 0.2) is 17.5 Å². The molecule has 1 saturated carbocycles. The van der Waals surface area contributed by atoms with E-state index in [4.69, 9.17) is 0 Å². The van der Waals surface area contributed by atoms with Crippen LogP contribution in [0.4, 0.5) is 23.7 Å². The van der Waals surface area contributed by atoms with Crippen molar-refractivity contribution in [3.8, 4) is 0 Å². The van der Waals surface area contributed by atoms with E-state index in [9.17, 15) is 22.8 Å². The highest BCUT2D eigenvalue weighted by atomic mass is 19.2. The highest BCUT2D eigenvalue weighted by molar-refractivity contribution is 5.89. The predicted molar refractivity (Wildman–Crippen MR) is 90.0 cm³/mol. The van der Waals surface area contributed by atoms with Crippen LogP contribution in [0.5, 0.6) is 0 Å². The van der Waals surface area contributed by atoms with Gasteiger partial charge in [-0.2, -0.15) is 0 Å². The minimum Gasteiger partial charge on any atom is -0.339 e. The molecular weight excluding hydrogens is 347 g/mol. The van der Waals surface area contributed by atoms with Crippen LogP contribution in [-0.2, 0) is 4.79 Å². The maximum absolute atomic E-state index is 13.2. The van der Waals surface area contributed by atoms with E-state index in [0.29, 0.717) is 25.6 Å². The molecule has 3 rings (SSSR count). The third-order valence-corrected chi connectivity index (χ3v) is 5.12. The summed E-state index contributed by atoms with van der Waals surface area (Å²) in [6, 6.07) is 1.20. The van der Waals surface area contributed by atoms with Gasteiger partial charge in [0.05, 0.1) is 0 Å². The minimum atomic E-state index is -1.58. The molecule has 0 radical (unpaired) electrons. The van der Waals surface area contributed by atoms with E-state index in [1.54, 1.807) is 7.05 Å². The van der Waals surface area contributed by atoms with Gasteiger partial charge in [-0.1, -0.05) is 12.8 Å². The van der Waals surface area contributed by atoms with Gasteiger partial charge in [-0.25, -0.2) is 18.0 Å². The molecule has 26 heavy (non-hydrogen) atoms. The monoisotopic (exact) mass is 369 g/mol. The number of carbonyl (C=O) groups excluding carboxylic acids is 2. The number of carbonyl (C=O) groups is 2. The lowest BCUT2D eigenvalue weighted by Gasteiger charge is -2.25. The number of nitrogens with zero attached hydrogens (tertiary/aromatic N) is 2. The van der Waals surface area contributed by atoms with Crippen LogP contribution in [0.1, 0.15) is 32.1 Å². The van der Waals surface area contributed by atoms with Crippen molar-refractivity contribution in [3.05, 3.63) is 29.6 Å². The quantitative estimate of drug-likeness (QED) is 0.828. The SMILES string of the molecule is CN(C[C@@H]1CC(=O)N(C2CCCC2)C1)C(=O)Nc1cc(F)c(F)c(F)c1. The van der Waals surface area contributed by atoms with E-state index in [1.807, 2.05) is 4.90 Å². The number of halogens is 3. The Hall–Kier alpha value is -2.25. The summed E-state index contributed by atoms with van der Waals surface area (Å²) in [5.41, 5.74) is -0.159. The third kappa shape index (κ3) is 3.94. The lowest BCUT2D eigenvalue weighted by molar-refractivity contribution is -0.129. The van der Waals surface area contributed by atoms with Crippen molar-refractivity contribution in [2.45, 2.75) is 38.1 Å². The summed E-state index contributed by atoms with van der Waals surface area (Å²) in [6.07, 6.45) is 4.76. The molecule has 0 aromatic heterocycles. The number of urea groups is 1. The molecule has 1 heterocycles. The molecule has 3 amide bonds. The Bertz CT molecular complexity index is 684. The first-order chi connectivity index (χ1) is 12.3. The largest absolute Gasteiger partial charge is 0.339 e. The fourth-order valence-corrected chi connectivity index (χ4v) is 3.82. The van der Waals surface area contributed by atoms with Gasteiger partial charge in [-0.15, -0.1) is 0 Å². The van der Waals surface area contributed by atoms with Crippen molar-refractivity contribution in [1.82, 2.24) is 9.80 Å². The summed E-state index contributed by atoms with van der Waals surface area (Å²) in [4.78, 5) is 27.7. The Balaban J connectivity index is 1.55. The molecule has 1 aliphatic carbocycles. The predicted octanol–water partition coefficient (Wildman–Crippen LogP) is 3.36. The van der Waals surface area contributed by atoms with Crippen LogP contribution in [0.25, 0.3) is 0 Å². The summed E-state index contributed by atoms with van der Waals surface area (Å²) in [5, 5.41) is 2.34. The highest BCUT2D eigenvalue weighted by Gasteiger charge is 2.36. The maximum Gasteiger partial charge on any atom is 0.321 e. The Kier molecular flexibility index (Phi) is 5.38. The number of hydrogen-bond donors (Lipinski definition) is 1. The molecule has 1 aromatic rings. The summed E-state index contributed by atoms with van der Waals surface area (Å²) in [7, 11) is 1.55. The van der Waals surface area contributed by atoms with Crippen molar-refractivity contribution in [1.29, 1.82) is 0 Å². The molecule has 2 aliphatic rings. The normalized spacial score (nSPS) is 20.7. The summed E-state index contributed by atoms with van der Waals surface area (Å²) < 4.78 is 39.4. The highest BCUT2D eigenvalue weighted by Crippen LogP contribution is 2.29. The average Bonchev–Trinajstić information content (AvgIpc) is 3.22. The Labute approximate surface area is 150 Å². The lowest BCUT2D eigenvalue weighted by Crippen LogP contribution is -2.38. The molecule has 8 heteroatoms. The zero-order valence-corrected chi connectivity index (χ0v) is 14.6. The molecule has 2 fully saturated rings. The number of rotatable bonds is 4. The second kappa shape index (κ2) is 7.55. The molecule has 142 valence electrons. The second-order valence-electron chi connectivity index (χ2n) is 7.12. The van der Waals surface area contributed by atoms with Crippen LogP contribution in [0.3, 0.4) is 0 Å². The number of hydrogen-bond acceptors (Lipinski definition) is 2. The Morgan fingerprint density at radius 1 is 1.23 bits per heavy atom. The van der Waals surface area contributed by atoms with Crippen LogP contribution in [0.2, 0.25) is 0 Å². The van der Waals surface area contributed by atoms with Crippen LogP contribution in [0, 0.1) is 23.4 Å². The van der Waals surface area contributed by atoms with Gasteiger partial charge in [0.25, 0.3) is 0 Å². The molecule has 5 nitrogen and oxygen atoms in total. The van der Waals surface area contributed by atoms with Gasteiger partial charge < -0.3 is 15.1 Å². The fourth-order valence-electron chi connectivity index (χ4n) is 3.82.